The fraction of sp³-hybridized carbons (Fsp3) is 1.00. The van der Waals surface area contributed by atoms with Gasteiger partial charge in [0.2, 0.25) is 0 Å². The van der Waals surface area contributed by atoms with Crippen molar-refractivity contribution in [1.82, 2.24) is 0 Å². The Balaban J connectivity index is 3.99. The van der Waals surface area contributed by atoms with Crippen molar-refractivity contribution >= 4 is 10.1 Å². The van der Waals surface area contributed by atoms with Crippen molar-refractivity contribution in [3.8, 4) is 0 Å². The fourth-order valence-corrected chi connectivity index (χ4v) is 1.12. The first-order chi connectivity index (χ1) is 4.34. The lowest BCUT2D eigenvalue weighted by Crippen LogP contribution is -2.21. The summed E-state index contributed by atoms with van der Waals surface area (Å²) in [7, 11) is -3.96. The topological polar surface area (TPSA) is 74.6 Å². The number of hydrogen-bond acceptors (Lipinski definition) is 3. The maximum absolute atomic E-state index is 10.3. The van der Waals surface area contributed by atoms with E-state index >= 15 is 0 Å². The second kappa shape index (κ2) is 3.32. The summed E-state index contributed by atoms with van der Waals surface area (Å²) in [6, 6.07) is 0. The van der Waals surface area contributed by atoms with E-state index in [4.69, 9.17) is 9.66 Å². The normalized spacial score (nSPS) is 18.4. The Labute approximate surface area is 60.6 Å². The van der Waals surface area contributed by atoms with E-state index in [-0.39, 0.29) is 6.42 Å². The van der Waals surface area contributed by atoms with Crippen LogP contribution in [0.5, 0.6) is 0 Å². The molecule has 2 atom stereocenters. The summed E-state index contributed by atoms with van der Waals surface area (Å²) < 4.78 is 29.0. The molecule has 0 spiro atoms. The highest BCUT2D eigenvalue weighted by atomic mass is 32.2. The molecule has 4 nitrogen and oxygen atoms in total. The molecule has 0 bridgehead atoms. The molecule has 0 aromatic carbocycles. The maximum Gasteiger partial charge on any atom is 0.267 e. The van der Waals surface area contributed by atoms with Gasteiger partial charge in [-0.2, -0.15) is 8.42 Å². The second-order valence-electron chi connectivity index (χ2n) is 2.41. The van der Waals surface area contributed by atoms with Gasteiger partial charge in [0.15, 0.2) is 0 Å². The zero-order valence-electron chi connectivity index (χ0n) is 5.98. The molecule has 0 saturated carbocycles. The zero-order chi connectivity index (χ0) is 8.36. The molecule has 0 heterocycles. The minimum Gasteiger partial charge on any atom is -0.393 e. The number of aliphatic hydroxyl groups excluding tert-OH is 1. The Morgan fingerprint density at radius 3 is 1.90 bits per heavy atom. The first kappa shape index (κ1) is 9.87. The Bertz CT molecular complexity index is 182. The molecule has 62 valence electrons. The van der Waals surface area contributed by atoms with Gasteiger partial charge < -0.3 is 5.11 Å². The van der Waals surface area contributed by atoms with Crippen LogP contribution in [0, 0.1) is 0 Å². The van der Waals surface area contributed by atoms with Crippen molar-refractivity contribution < 1.29 is 18.1 Å². The molecule has 0 aliphatic rings. The summed E-state index contributed by atoms with van der Waals surface area (Å²) in [6.45, 7) is 2.82. The van der Waals surface area contributed by atoms with E-state index in [2.05, 4.69) is 0 Å². The third-order valence-corrected chi connectivity index (χ3v) is 2.39. The molecular weight excluding hydrogens is 156 g/mol. The monoisotopic (exact) mass is 168 g/mol. The zero-order valence-corrected chi connectivity index (χ0v) is 6.80. The van der Waals surface area contributed by atoms with Gasteiger partial charge in [0.05, 0.1) is 11.4 Å². The van der Waals surface area contributed by atoms with Crippen LogP contribution in [0.2, 0.25) is 0 Å². The summed E-state index contributed by atoms with van der Waals surface area (Å²) in [5, 5.41) is 7.83. The maximum atomic E-state index is 10.3. The van der Waals surface area contributed by atoms with E-state index in [0.29, 0.717) is 0 Å². The van der Waals surface area contributed by atoms with Crippen LogP contribution in [0.1, 0.15) is 20.3 Å². The van der Waals surface area contributed by atoms with Crippen LogP contribution in [0.4, 0.5) is 0 Å². The van der Waals surface area contributed by atoms with Gasteiger partial charge in [0.1, 0.15) is 0 Å². The molecule has 2 unspecified atom stereocenters. The molecule has 0 amide bonds. The predicted molar refractivity (Wildman–Crippen MR) is 37.3 cm³/mol. The largest absolute Gasteiger partial charge is 0.393 e. The Hall–Kier alpha value is -0.130. The van der Waals surface area contributed by atoms with Gasteiger partial charge >= 0.3 is 0 Å². The Morgan fingerprint density at radius 2 is 1.80 bits per heavy atom. The van der Waals surface area contributed by atoms with Gasteiger partial charge in [-0.05, 0) is 20.3 Å². The molecule has 0 aliphatic heterocycles. The molecule has 10 heavy (non-hydrogen) atoms. The lowest BCUT2D eigenvalue weighted by atomic mass is 10.2. The van der Waals surface area contributed by atoms with E-state index in [1.807, 2.05) is 0 Å². The van der Waals surface area contributed by atoms with Crippen molar-refractivity contribution in [2.24, 2.45) is 0 Å². The molecule has 0 saturated heterocycles. The lowest BCUT2D eigenvalue weighted by Gasteiger charge is -2.08. The third kappa shape index (κ3) is 3.81. The second-order valence-corrected chi connectivity index (χ2v) is 4.24. The molecule has 0 radical (unpaired) electrons. The van der Waals surface area contributed by atoms with E-state index < -0.39 is 21.5 Å². The van der Waals surface area contributed by atoms with Gasteiger partial charge in [0.25, 0.3) is 10.1 Å². The summed E-state index contributed by atoms with van der Waals surface area (Å²) in [5.41, 5.74) is 0. The van der Waals surface area contributed by atoms with Gasteiger partial charge in [-0.25, -0.2) is 0 Å². The van der Waals surface area contributed by atoms with E-state index in [1.165, 1.54) is 13.8 Å². The van der Waals surface area contributed by atoms with Gasteiger partial charge in [-0.3, -0.25) is 4.55 Å². The van der Waals surface area contributed by atoms with Crippen molar-refractivity contribution in [1.29, 1.82) is 0 Å². The first-order valence-corrected chi connectivity index (χ1v) is 4.48. The van der Waals surface area contributed by atoms with Crippen molar-refractivity contribution in [2.75, 3.05) is 0 Å². The highest BCUT2D eigenvalue weighted by molar-refractivity contribution is 7.86. The minimum atomic E-state index is -3.96. The molecule has 0 aliphatic carbocycles. The average Bonchev–Trinajstić information content (AvgIpc) is 1.60. The Kier molecular flexibility index (Phi) is 3.27. The highest BCUT2D eigenvalue weighted by Crippen LogP contribution is 2.05. The van der Waals surface area contributed by atoms with Crippen LogP contribution in [0.3, 0.4) is 0 Å². The van der Waals surface area contributed by atoms with Crippen LogP contribution >= 0.6 is 0 Å². The van der Waals surface area contributed by atoms with Gasteiger partial charge in [-0.1, -0.05) is 0 Å². The van der Waals surface area contributed by atoms with Gasteiger partial charge in [0, 0.05) is 0 Å². The molecule has 0 aromatic rings. The fourth-order valence-electron chi connectivity index (χ4n) is 0.602. The minimum absolute atomic E-state index is 0.0683. The number of aliphatic hydroxyl groups is 1. The smallest absolute Gasteiger partial charge is 0.267 e. The summed E-state index contributed by atoms with van der Waals surface area (Å²) in [6.07, 6.45) is -0.629. The first-order valence-electron chi connectivity index (χ1n) is 2.98. The quantitative estimate of drug-likeness (QED) is 0.583. The molecule has 0 rings (SSSR count). The number of rotatable bonds is 3. The average molecular weight is 168 g/mol. The van der Waals surface area contributed by atoms with Crippen molar-refractivity contribution in [3.63, 3.8) is 0 Å². The van der Waals surface area contributed by atoms with Crippen LogP contribution in [0.25, 0.3) is 0 Å². The summed E-state index contributed by atoms with van der Waals surface area (Å²) in [5.74, 6) is 0. The lowest BCUT2D eigenvalue weighted by molar-refractivity contribution is 0.183. The van der Waals surface area contributed by atoms with Crippen LogP contribution in [-0.2, 0) is 10.1 Å². The van der Waals surface area contributed by atoms with E-state index in [0.717, 1.165) is 0 Å². The van der Waals surface area contributed by atoms with Crippen LogP contribution < -0.4 is 0 Å². The Morgan fingerprint density at radius 1 is 1.40 bits per heavy atom. The van der Waals surface area contributed by atoms with Crippen molar-refractivity contribution in [3.05, 3.63) is 0 Å². The van der Waals surface area contributed by atoms with E-state index in [9.17, 15) is 8.42 Å². The van der Waals surface area contributed by atoms with Crippen molar-refractivity contribution in [2.45, 2.75) is 31.6 Å². The molecule has 5 heteroatoms. The van der Waals surface area contributed by atoms with Crippen LogP contribution in [0.15, 0.2) is 0 Å². The standard InChI is InChI=1S/C5H12O4S/c1-4(6)3-5(2)10(7,8)9/h4-6H,3H2,1-2H3,(H,7,8,9). The van der Waals surface area contributed by atoms with Crippen LogP contribution in [-0.4, -0.2) is 29.4 Å². The van der Waals surface area contributed by atoms with E-state index in [1.54, 1.807) is 0 Å². The SMILES string of the molecule is CC(O)CC(C)S(=O)(=O)O. The number of hydrogen-bond donors (Lipinski definition) is 2. The summed E-state index contributed by atoms with van der Waals surface area (Å²) >= 11 is 0. The van der Waals surface area contributed by atoms with Gasteiger partial charge in [-0.15, -0.1) is 0 Å². The summed E-state index contributed by atoms with van der Waals surface area (Å²) in [4.78, 5) is 0. The molecular formula is C5H12O4S. The molecule has 0 aromatic heterocycles. The molecule has 0 fully saturated rings. The third-order valence-electron chi connectivity index (χ3n) is 1.18. The molecule has 2 N–H and O–H groups in total. The highest BCUT2D eigenvalue weighted by Gasteiger charge is 2.18. The predicted octanol–water partition coefficient (Wildman–Crippen LogP) is 0.0336.